The SMILES string of the molecule is CCn1c(C)cc(O)c(C(c2ccccc2Cl)c2c(O)cc(C)n(CC)c2=O)c1=O. The van der Waals surface area contributed by atoms with Gasteiger partial charge in [-0.2, -0.15) is 0 Å². The molecule has 0 aliphatic rings. The molecule has 0 atom stereocenters. The molecule has 0 radical (unpaired) electrons. The van der Waals surface area contributed by atoms with Gasteiger partial charge in [0.15, 0.2) is 0 Å². The van der Waals surface area contributed by atoms with Crippen LogP contribution in [0.1, 0.15) is 47.8 Å². The molecular weight excluding hydrogens is 404 g/mol. The predicted molar refractivity (Wildman–Crippen MR) is 118 cm³/mol. The Labute approximate surface area is 179 Å². The summed E-state index contributed by atoms with van der Waals surface area (Å²) in [5.74, 6) is -1.51. The van der Waals surface area contributed by atoms with Crippen LogP contribution in [-0.4, -0.2) is 19.3 Å². The summed E-state index contributed by atoms with van der Waals surface area (Å²) in [5.41, 5.74) is 0.812. The molecule has 0 spiro atoms. The number of aryl methyl sites for hydroxylation is 2. The second-order valence-corrected chi connectivity index (χ2v) is 7.63. The van der Waals surface area contributed by atoms with Crippen molar-refractivity contribution in [2.24, 2.45) is 0 Å². The maximum atomic E-state index is 13.4. The highest BCUT2D eigenvalue weighted by Gasteiger charge is 2.31. The van der Waals surface area contributed by atoms with Crippen molar-refractivity contribution >= 4 is 11.6 Å². The average Bonchev–Trinajstić information content (AvgIpc) is 2.67. The number of aromatic nitrogens is 2. The van der Waals surface area contributed by atoms with Crippen LogP contribution in [0.3, 0.4) is 0 Å². The normalized spacial score (nSPS) is 11.3. The highest BCUT2D eigenvalue weighted by Crippen LogP contribution is 2.40. The average molecular weight is 429 g/mol. The van der Waals surface area contributed by atoms with E-state index < -0.39 is 17.0 Å². The molecule has 3 rings (SSSR count). The van der Waals surface area contributed by atoms with Crippen LogP contribution in [0, 0.1) is 13.8 Å². The standard InChI is InChI=1S/C23H25ClN2O4/c1-5-25-13(3)11-17(27)20(22(25)29)19(15-9-7-8-10-16(15)24)21-18(28)12-14(4)26(6-2)23(21)30/h7-12,19,27-28H,5-6H2,1-4H3. The van der Waals surface area contributed by atoms with Crippen LogP contribution in [0.25, 0.3) is 0 Å². The molecule has 0 aliphatic heterocycles. The van der Waals surface area contributed by atoms with Gasteiger partial charge >= 0.3 is 0 Å². The molecule has 1 aromatic carbocycles. The molecule has 0 saturated carbocycles. The molecule has 2 N–H and O–H groups in total. The number of pyridine rings is 2. The largest absolute Gasteiger partial charge is 0.507 e. The van der Waals surface area contributed by atoms with Crippen LogP contribution >= 0.6 is 11.6 Å². The number of benzene rings is 1. The number of hydrogen-bond donors (Lipinski definition) is 2. The second-order valence-electron chi connectivity index (χ2n) is 7.22. The predicted octanol–water partition coefficient (Wildman–Crippen LogP) is 3.91. The van der Waals surface area contributed by atoms with E-state index >= 15 is 0 Å². The number of hydrogen-bond acceptors (Lipinski definition) is 4. The zero-order valence-electron chi connectivity index (χ0n) is 17.4. The first-order valence-electron chi connectivity index (χ1n) is 9.83. The lowest BCUT2D eigenvalue weighted by Gasteiger charge is -2.23. The third-order valence-corrected chi connectivity index (χ3v) is 5.82. The Hall–Kier alpha value is -2.99. The Morgan fingerprint density at radius 2 is 1.30 bits per heavy atom. The first-order valence-corrected chi connectivity index (χ1v) is 10.2. The van der Waals surface area contributed by atoms with Gasteiger partial charge in [0, 0.05) is 29.5 Å². The van der Waals surface area contributed by atoms with Gasteiger partial charge in [0.1, 0.15) is 11.5 Å². The van der Waals surface area contributed by atoms with Crippen LogP contribution in [0.4, 0.5) is 0 Å². The maximum Gasteiger partial charge on any atom is 0.258 e. The van der Waals surface area contributed by atoms with E-state index in [1.807, 2.05) is 13.8 Å². The summed E-state index contributed by atoms with van der Waals surface area (Å²) in [7, 11) is 0. The quantitative estimate of drug-likeness (QED) is 0.645. The molecule has 158 valence electrons. The molecule has 0 bridgehead atoms. The van der Waals surface area contributed by atoms with E-state index in [0.29, 0.717) is 35.1 Å². The minimum absolute atomic E-state index is 0.00876. The summed E-state index contributed by atoms with van der Waals surface area (Å²) in [5, 5.41) is 21.9. The third kappa shape index (κ3) is 3.52. The molecule has 0 saturated heterocycles. The van der Waals surface area contributed by atoms with Crippen molar-refractivity contribution in [3.8, 4) is 11.5 Å². The number of nitrogens with zero attached hydrogens (tertiary/aromatic N) is 2. The van der Waals surface area contributed by atoms with Crippen molar-refractivity contribution in [3.05, 3.63) is 90.2 Å². The Morgan fingerprint density at radius 1 is 0.867 bits per heavy atom. The van der Waals surface area contributed by atoms with Crippen molar-refractivity contribution in [1.82, 2.24) is 9.13 Å². The van der Waals surface area contributed by atoms with E-state index in [9.17, 15) is 19.8 Å². The number of rotatable bonds is 5. The zero-order chi connectivity index (χ0) is 22.2. The minimum atomic E-state index is -1.03. The molecular formula is C23H25ClN2O4. The molecule has 0 unspecified atom stereocenters. The summed E-state index contributed by atoms with van der Waals surface area (Å²) in [6.07, 6.45) is 0. The molecule has 0 fully saturated rings. The highest BCUT2D eigenvalue weighted by atomic mass is 35.5. The van der Waals surface area contributed by atoms with Crippen LogP contribution < -0.4 is 11.1 Å². The van der Waals surface area contributed by atoms with Crippen molar-refractivity contribution in [2.75, 3.05) is 0 Å². The van der Waals surface area contributed by atoms with Gasteiger partial charge in [0.25, 0.3) is 11.1 Å². The van der Waals surface area contributed by atoms with Gasteiger partial charge in [-0.15, -0.1) is 0 Å². The lowest BCUT2D eigenvalue weighted by Crippen LogP contribution is -2.32. The second kappa shape index (κ2) is 8.40. The van der Waals surface area contributed by atoms with E-state index in [0.717, 1.165) is 0 Å². The Morgan fingerprint density at radius 3 is 1.70 bits per heavy atom. The minimum Gasteiger partial charge on any atom is -0.507 e. The van der Waals surface area contributed by atoms with Gasteiger partial charge in [-0.1, -0.05) is 29.8 Å². The summed E-state index contributed by atoms with van der Waals surface area (Å²) in [6.45, 7) is 7.90. The van der Waals surface area contributed by atoms with E-state index in [4.69, 9.17) is 11.6 Å². The molecule has 7 heteroatoms. The van der Waals surface area contributed by atoms with E-state index in [1.165, 1.54) is 21.3 Å². The fourth-order valence-electron chi connectivity index (χ4n) is 4.03. The van der Waals surface area contributed by atoms with Gasteiger partial charge in [0.05, 0.1) is 17.0 Å². The molecule has 2 aromatic heterocycles. The Balaban J connectivity index is 2.51. The Bertz CT molecular complexity index is 1150. The zero-order valence-corrected chi connectivity index (χ0v) is 18.2. The molecule has 6 nitrogen and oxygen atoms in total. The molecule has 0 aliphatic carbocycles. The molecule has 0 amide bonds. The summed E-state index contributed by atoms with van der Waals surface area (Å²) < 4.78 is 3.03. The molecule has 2 heterocycles. The highest BCUT2D eigenvalue weighted by molar-refractivity contribution is 6.31. The van der Waals surface area contributed by atoms with Crippen LogP contribution in [0.5, 0.6) is 11.5 Å². The summed E-state index contributed by atoms with van der Waals surface area (Å²) >= 11 is 6.46. The fourth-order valence-corrected chi connectivity index (χ4v) is 4.28. The smallest absolute Gasteiger partial charge is 0.258 e. The maximum absolute atomic E-state index is 13.4. The van der Waals surface area contributed by atoms with Crippen molar-refractivity contribution in [2.45, 2.75) is 46.7 Å². The molecule has 3 aromatic rings. The van der Waals surface area contributed by atoms with Crippen LogP contribution in [0.15, 0.2) is 46.0 Å². The van der Waals surface area contributed by atoms with Crippen molar-refractivity contribution in [1.29, 1.82) is 0 Å². The molecule has 30 heavy (non-hydrogen) atoms. The fraction of sp³-hybridized carbons (Fsp3) is 0.304. The van der Waals surface area contributed by atoms with Crippen LogP contribution in [-0.2, 0) is 13.1 Å². The first-order chi connectivity index (χ1) is 14.2. The van der Waals surface area contributed by atoms with Gasteiger partial charge in [0.2, 0.25) is 0 Å². The summed E-state index contributed by atoms with van der Waals surface area (Å²) in [4.78, 5) is 26.7. The number of aromatic hydroxyl groups is 2. The third-order valence-electron chi connectivity index (χ3n) is 5.47. The van der Waals surface area contributed by atoms with Gasteiger partial charge < -0.3 is 19.3 Å². The topological polar surface area (TPSA) is 84.5 Å². The lowest BCUT2D eigenvalue weighted by molar-refractivity contribution is 0.449. The van der Waals surface area contributed by atoms with Crippen molar-refractivity contribution < 1.29 is 10.2 Å². The van der Waals surface area contributed by atoms with Crippen molar-refractivity contribution in [3.63, 3.8) is 0 Å². The van der Waals surface area contributed by atoms with Crippen LogP contribution in [0.2, 0.25) is 5.02 Å². The Kier molecular flexibility index (Phi) is 6.08. The van der Waals surface area contributed by atoms with Gasteiger partial charge in [-0.05, 0) is 51.5 Å². The van der Waals surface area contributed by atoms with E-state index in [1.54, 1.807) is 38.1 Å². The monoisotopic (exact) mass is 428 g/mol. The summed E-state index contributed by atoms with van der Waals surface area (Å²) in [6, 6.07) is 9.80. The number of halogens is 1. The lowest BCUT2D eigenvalue weighted by atomic mass is 9.84. The van der Waals surface area contributed by atoms with E-state index in [2.05, 4.69) is 0 Å². The first kappa shape index (κ1) is 21.7. The van der Waals surface area contributed by atoms with Gasteiger partial charge in [-0.25, -0.2) is 0 Å². The van der Waals surface area contributed by atoms with E-state index in [-0.39, 0.29) is 22.6 Å². The van der Waals surface area contributed by atoms with Gasteiger partial charge in [-0.3, -0.25) is 9.59 Å².